The number of amides is 1. The minimum atomic E-state index is -3.61. The van der Waals surface area contributed by atoms with Crippen LogP contribution in [0.15, 0.2) is 35.2 Å². The van der Waals surface area contributed by atoms with Crippen molar-refractivity contribution >= 4 is 21.6 Å². The molecule has 2 aromatic rings. The highest BCUT2D eigenvalue weighted by atomic mass is 32.2. The first-order chi connectivity index (χ1) is 13.6. The van der Waals surface area contributed by atoms with E-state index in [1.54, 1.807) is 12.1 Å². The van der Waals surface area contributed by atoms with E-state index in [-0.39, 0.29) is 17.6 Å². The second-order valence-electron chi connectivity index (χ2n) is 7.81. The predicted molar refractivity (Wildman–Crippen MR) is 114 cm³/mol. The lowest BCUT2D eigenvalue weighted by Crippen LogP contribution is -2.41. The van der Waals surface area contributed by atoms with Gasteiger partial charge in [-0.05, 0) is 74.9 Å². The summed E-state index contributed by atoms with van der Waals surface area (Å²) in [6.45, 7) is 8.18. The van der Waals surface area contributed by atoms with Crippen molar-refractivity contribution in [2.45, 2.75) is 45.4 Å². The van der Waals surface area contributed by atoms with Gasteiger partial charge in [-0.3, -0.25) is 4.79 Å². The van der Waals surface area contributed by atoms with Crippen LogP contribution in [0, 0.1) is 33.6 Å². The lowest BCUT2D eigenvalue weighted by Gasteiger charge is -2.31. The Hall–Kier alpha value is -2.38. The number of piperidine rings is 1. The minimum absolute atomic E-state index is 0.0860. The summed E-state index contributed by atoms with van der Waals surface area (Å²) in [5.74, 6) is -0.320. The molecule has 1 amide bonds. The molecule has 3 rings (SSSR count). The van der Waals surface area contributed by atoms with Crippen LogP contribution in [-0.4, -0.2) is 36.8 Å². The largest absolute Gasteiger partial charge is 0.508 e. The number of phenolic OH excluding ortho intramolecular Hbond substituents is 1. The average molecular weight is 417 g/mol. The number of carbonyl (C=O) groups is 1. The Morgan fingerprint density at radius 3 is 2.17 bits per heavy atom. The Labute approximate surface area is 172 Å². The van der Waals surface area contributed by atoms with Crippen LogP contribution in [0.4, 0.5) is 5.69 Å². The molecule has 2 N–H and O–H groups in total. The predicted octanol–water partition coefficient (Wildman–Crippen LogP) is 3.67. The van der Waals surface area contributed by atoms with Crippen LogP contribution in [0.2, 0.25) is 0 Å². The fourth-order valence-electron chi connectivity index (χ4n) is 3.88. The van der Waals surface area contributed by atoms with Gasteiger partial charge >= 0.3 is 0 Å². The van der Waals surface area contributed by atoms with Crippen molar-refractivity contribution < 1.29 is 18.3 Å². The summed E-state index contributed by atoms with van der Waals surface area (Å²) in [6.07, 6.45) is 0.930. The molecule has 0 saturated carbocycles. The molecule has 1 aliphatic heterocycles. The Kier molecular flexibility index (Phi) is 6.00. The fourth-order valence-corrected chi connectivity index (χ4v) is 5.93. The molecule has 1 saturated heterocycles. The maximum atomic E-state index is 13.3. The van der Waals surface area contributed by atoms with Crippen LogP contribution in [0.25, 0.3) is 0 Å². The van der Waals surface area contributed by atoms with Crippen molar-refractivity contribution in [3.8, 4) is 5.75 Å². The molecule has 0 atom stereocenters. The molecular weight excluding hydrogens is 388 g/mol. The van der Waals surface area contributed by atoms with Crippen molar-refractivity contribution in [1.29, 1.82) is 0 Å². The fraction of sp³-hybridized carbons (Fsp3) is 0.409. The smallest absolute Gasteiger partial charge is 0.243 e. The summed E-state index contributed by atoms with van der Waals surface area (Å²) >= 11 is 0. The number of hydrogen-bond donors (Lipinski definition) is 2. The molecular formula is C22H28N2O4S. The van der Waals surface area contributed by atoms with E-state index in [0.717, 1.165) is 22.3 Å². The third-order valence-corrected chi connectivity index (χ3v) is 8.01. The summed E-state index contributed by atoms with van der Waals surface area (Å²) in [5, 5.41) is 12.3. The van der Waals surface area contributed by atoms with Crippen molar-refractivity contribution in [3.05, 3.63) is 52.6 Å². The maximum absolute atomic E-state index is 13.3. The van der Waals surface area contributed by atoms with Gasteiger partial charge in [-0.15, -0.1) is 0 Å². The summed E-state index contributed by atoms with van der Waals surface area (Å²) in [4.78, 5) is 12.9. The number of benzene rings is 2. The first-order valence-electron chi connectivity index (χ1n) is 9.78. The van der Waals surface area contributed by atoms with Crippen molar-refractivity contribution in [2.24, 2.45) is 5.92 Å². The van der Waals surface area contributed by atoms with Gasteiger partial charge in [-0.2, -0.15) is 4.31 Å². The zero-order chi connectivity index (χ0) is 21.3. The molecule has 7 heteroatoms. The number of anilines is 1. The van der Waals surface area contributed by atoms with Gasteiger partial charge in [0, 0.05) is 30.8 Å². The van der Waals surface area contributed by atoms with Crippen LogP contribution >= 0.6 is 0 Å². The quantitative estimate of drug-likeness (QED) is 0.796. The molecule has 0 aromatic heterocycles. The third kappa shape index (κ3) is 4.31. The molecule has 0 unspecified atom stereocenters. The van der Waals surface area contributed by atoms with Gasteiger partial charge in [-0.25, -0.2) is 8.42 Å². The van der Waals surface area contributed by atoms with Crippen molar-refractivity contribution in [2.75, 3.05) is 18.4 Å². The number of aromatic hydroxyl groups is 1. The zero-order valence-corrected chi connectivity index (χ0v) is 18.1. The molecule has 0 bridgehead atoms. The first kappa shape index (κ1) is 21.3. The average Bonchev–Trinajstić information content (AvgIpc) is 2.66. The highest BCUT2D eigenvalue weighted by Gasteiger charge is 2.34. The highest BCUT2D eigenvalue weighted by molar-refractivity contribution is 7.89. The molecule has 1 aliphatic rings. The lowest BCUT2D eigenvalue weighted by atomic mass is 9.97. The molecule has 29 heavy (non-hydrogen) atoms. The molecule has 156 valence electrons. The molecule has 2 aromatic carbocycles. The van der Waals surface area contributed by atoms with E-state index in [0.29, 0.717) is 36.5 Å². The monoisotopic (exact) mass is 416 g/mol. The molecule has 0 radical (unpaired) electrons. The number of rotatable bonds is 4. The summed E-state index contributed by atoms with van der Waals surface area (Å²) in [6, 6.07) is 8.41. The molecule has 1 fully saturated rings. The normalized spacial score (nSPS) is 16.0. The molecule has 1 heterocycles. The molecule has 0 aliphatic carbocycles. The Balaban J connectivity index is 1.73. The topological polar surface area (TPSA) is 86.7 Å². The van der Waals surface area contributed by atoms with E-state index >= 15 is 0 Å². The number of carbonyl (C=O) groups excluding carboxylic acids is 1. The summed E-state index contributed by atoms with van der Waals surface area (Å²) in [7, 11) is -3.61. The van der Waals surface area contributed by atoms with Gasteiger partial charge in [-0.1, -0.05) is 12.1 Å². The van der Waals surface area contributed by atoms with E-state index in [1.807, 2.05) is 33.8 Å². The second-order valence-corrected chi connectivity index (χ2v) is 9.68. The third-order valence-electron chi connectivity index (χ3n) is 5.83. The molecule has 6 nitrogen and oxygen atoms in total. The first-order valence-corrected chi connectivity index (χ1v) is 11.2. The lowest BCUT2D eigenvalue weighted by molar-refractivity contribution is -0.120. The van der Waals surface area contributed by atoms with Gasteiger partial charge in [0.05, 0.1) is 4.90 Å². The van der Waals surface area contributed by atoms with Crippen LogP contribution < -0.4 is 5.32 Å². The van der Waals surface area contributed by atoms with E-state index < -0.39 is 10.0 Å². The number of nitrogens with one attached hydrogen (secondary N) is 1. The SMILES string of the molecule is Cc1cc(C)c(C)c(S(=O)(=O)N2CCC(C(=O)Nc3cccc(O)c3)CC2)c1C. The van der Waals surface area contributed by atoms with Gasteiger partial charge in [0.1, 0.15) is 5.75 Å². The van der Waals surface area contributed by atoms with E-state index in [2.05, 4.69) is 5.32 Å². The Morgan fingerprint density at radius 2 is 1.62 bits per heavy atom. The van der Waals surface area contributed by atoms with Crippen LogP contribution in [0.3, 0.4) is 0 Å². The minimum Gasteiger partial charge on any atom is -0.508 e. The highest BCUT2D eigenvalue weighted by Crippen LogP contribution is 2.31. The van der Waals surface area contributed by atoms with Crippen LogP contribution in [0.5, 0.6) is 5.75 Å². The number of nitrogens with zero attached hydrogens (tertiary/aromatic N) is 1. The van der Waals surface area contributed by atoms with E-state index in [9.17, 15) is 18.3 Å². The van der Waals surface area contributed by atoms with Crippen LogP contribution in [-0.2, 0) is 14.8 Å². The maximum Gasteiger partial charge on any atom is 0.243 e. The Bertz CT molecular complexity index is 1010. The van der Waals surface area contributed by atoms with Crippen LogP contribution in [0.1, 0.15) is 35.1 Å². The van der Waals surface area contributed by atoms with Gasteiger partial charge < -0.3 is 10.4 Å². The summed E-state index contributed by atoms with van der Waals surface area (Å²) in [5.41, 5.74) is 4.04. The van der Waals surface area contributed by atoms with Gasteiger partial charge in [0.25, 0.3) is 0 Å². The van der Waals surface area contributed by atoms with Gasteiger partial charge in [0.15, 0.2) is 0 Å². The van der Waals surface area contributed by atoms with Crippen molar-refractivity contribution in [1.82, 2.24) is 4.31 Å². The van der Waals surface area contributed by atoms with E-state index in [4.69, 9.17) is 0 Å². The standard InChI is InChI=1S/C22H28N2O4S/c1-14-12-15(2)17(4)21(16(14)3)29(27,28)24-10-8-18(9-11-24)22(26)23-19-6-5-7-20(25)13-19/h5-7,12-13,18,25H,8-11H2,1-4H3,(H,23,26). The van der Waals surface area contributed by atoms with E-state index in [1.165, 1.54) is 16.4 Å². The Morgan fingerprint density at radius 1 is 1.03 bits per heavy atom. The summed E-state index contributed by atoms with van der Waals surface area (Å²) < 4.78 is 28.2. The number of hydrogen-bond acceptors (Lipinski definition) is 4. The van der Waals surface area contributed by atoms with Crippen molar-refractivity contribution in [3.63, 3.8) is 0 Å². The van der Waals surface area contributed by atoms with Gasteiger partial charge in [0.2, 0.25) is 15.9 Å². The number of aryl methyl sites for hydroxylation is 2. The number of sulfonamides is 1. The number of phenols is 1. The zero-order valence-electron chi connectivity index (χ0n) is 17.3. The molecule has 0 spiro atoms. The second kappa shape index (κ2) is 8.16.